The molecule has 0 unspecified atom stereocenters. The molecule has 0 aliphatic carbocycles. The van der Waals surface area contributed by atoms with Gasteiger partial charge in [0.05, 0.1) is 0 Å². The van der Waals surface area contributed by atoms with Crippen molar-refractivity contribution < 1.29 is 4.79 Å². The highest BCUT2D eigenvalue weighted by molar-refractivity contribution is 5.99. The van der Waals surface area contributed by atoms with Crippen molar-refractivity contribution in [3.8, 4) is 0 Å². The van der Waals surface area contributed by atoms with E-state index in [4.69, 9.17) is 5.73 Å². The molecule has 1 amide bonds. The molecule has 0 atom stereocenters. The van der Waals surface area contributed by atoms with Crippen molar-refractivity contribution in [1.29, 1.82) is 0 Å². The summed E-state index contributed by atoms with van der Waals surface area (Å²) in [6.45, 7) is 0.0770. The molecule has 1 aromatic heterocycles. The Bertz CT molecular complexity index is 602. The third-order valence-corrected chi connectivity index (χ3v) is 2.39. The molecule has 0 bridgehead atoms. The van der Waals surface area contributed by atoms with Crippen LogP contribution in [0.3, 0.4) is 0 Å². The second-order valence-corrected chi connectivity index (χ2v) is 3.98. The van der Waals surface area contributed by atoms with E-state index in [2.05, 4.69) is 15.4 Å². The summed E-state index contributed by atoms with van der Waals surface area (Å²) >= 11 is 0. The Morgan fingerprint density at radius 1 is 1.35 bits per heavy atom. The van der Waals surface area contributed by atoms with Crippen LogP contribution in [0.1, 0.15) is 0 Å². The number of nitrogens with one attached hydrogen (secondary N) is 1. The molecule has 6 heteroatoms. The summed E-state index contributed by atoms with van der Waals surface area (Å²) in [7, 11) is 0. The largest absolute Gasteiger partial charge is 0.384 e. The van der Waals surface area contributed by atoms with Gasteiger partial charge in [-0.3, -0.25) is 9.48 Å². The average molecular weight is 269 g/mol. The minimum Gasteiger partial charge on any atom is -0.384 e. The molecular formula is C14H15N5O. The molecule has 20 heavy (non-hydrogen) atoms. The molecule has 0 saturated heterocycles. The van der Waals surface area contributed by atoms with Crippen molar-refractivity contribution in [2.45, 2.75) is 6.54 Å². The van der Waals surface area contributed by atoms with Crippen LogP contribution < -0.4 is 11.1 Å². The van der Waals surface area contributed by atoms with Crippen LogP contribution in [0.25, 0.3) is 0 Å². The molecule has 0 aliphatic heterocycles. The zero-order valence-electron chi connectivity index (χ0n) is 10.8. The van der Waals surface area contributed by atoms with Gasteiger partial charge in [-0.15, -0.1) is 0 Å². The number of nitrogens with two attached hydrogens (primary N) is 1. The Hall–Kier alpha value is -2.89. The molecular weight excluding hydrogens is 254 g/mol. The molecule has 0 aliphatic rings. The zero-order valence-corrected chi connectivity index (χ0v) is 10.8. The number of hydrogen-bond acceptors (Lipinski definition) is 3. The lowest BCUT2D eigenvalue weighted by atomic mass is 10.3. The van der Waals surface area contributed by atoms with E-state index in [9.17, 15) is 4.79 Å². The van der Waals surface area contributed by atoms with Gasteiger partial charge in [0.25, 0.3) is 5.91 Å². The Kier molecular flexibility index (Phi) is 4.66. The first-order valence-corrected chi connectivity index (χ1v) is 6.06. The van der Waals surface area contributed by atoms with E-state index in [1.165, 1.54) is 10.8 Å². The van der Waals surface area contributed by atoms with E-state index in [1.54, 1.807) is 24.7 Å². The molecule has 0 saturated carbocycles. The van der Waals surface area contributed by atoms with Crippen molar-refractivity contribution >= 4 is 17.4 Å². The first-order valence-electron chi connectivity index (χ1n) is 6.06. The quantitative estimate of drug-likeness (QED) is 0.634. The fourth-order valence-electron chi connectivity index (χ4n) is 1.51. The maximum atomic E-state index is 11.6. The van der Waals surface area contributed by atoms with Gasteiger partial charge in [0.2, 0.25) is 0 Å². The highest BCUT2D eigenvalue weighted by Crippen LogP contribution is 2.04. The standard InChI is InChI=1S/C14H15N5O/c15-13(7-9-16-12-5-2-1-3-6-12)18-14(20)11-19-10-4-8-17-19/h1-10,16H,11H2,(H2,15,18,20)/b9-7-. The van der Waals surface area contributed by atoms with Crippen molar-refractivity contribution in [1.82, 2.24) is 9.78 Å². The van der Waals surface area contributed by atoms with Crippen LogP contribution in [0.4, 0.5) is 5.69 Å². The monoisotopic (exact) mass is 269 g/mol. The Labute approximate surface area is 116 Å². The summed E-state index contributed by atoms with van der Waals surface area (Å²) in [4.78, 5) is 15.3. The van der Waals surface area contributed by atoms with E-state index in [1.807, 2.05) is 30.3 Å². The highest BCUT2D eigenvalue weighted by atomic mass is 16.1. The van der Waals surface area contributed by atoms with E-state index < -0.39 is 0 Å². The Morgan fingerprint density at radius 3 is 2.85 bits per heavy atom. The van der Waals surface area contributed by atoms with Gasteiger partial charge < -0.3 is 11.1 Å². The van der Waals surface area contributed by atoms with E-state index in [0.717, 1.165) is 5.69 Å². The summed E-state index contributed by atoms with van der Waals surface area (Å²) in [5.41, 5.74) is 6.57. The number of benzene rings is 1. The molecule has 2 aromatic rings. The van der Waals surface area contributed by atoms with Gasteiger partial charge in [-0.05, 0) is 24.3 Å². The SMILES string of the molecule is NC(/C=C\Nc1ccccc1)=NC(=O)Cn1cccn1. The molecule has 6 nitrogen and oxygen atoms in total. The second-order valence-electron chi connectivity index (χ2n) is 3.98. The van der Waals surface area contributed by atoms with Gasteiger partial charge in [0.15, 0.2) is 0 Å². The predicted molar refractivity (Wildman–Crippen MR) is 78.1 cm³/mol. The molecule has 102 valence electrons. The summed E-state index contributed by atoms with van der Waals surface area (Å²) < 4.78 is 1.49. The highest BCUT2D eigenvalue weighted by Gasteiger charge is 2.00. The van der Waals surface area contributed by atoms with Crippen molar-refractivity contribution in [3.63, 3.8) is 0 Å². The van der Waals surface area contributed by atoms with E-state index in [-0.39, 0.29) is 18.3 Å². The summed E-state index contributed by atoms with van der Waals surface area (Å²) in [5.74, 6) is -0.207. The van der Waals surface area contributed by atoms with Crippen LogP contribution in [0.5, 0.6) is 0 Å². The number of anilines is 1. The molecule has 1 heterocycles. The molecule has 2 rings (SSSR count). The van der Waals surface area contributed by atoms with Crippen LogP contribution in [-0.4, -0.2) is 21.5 Å². The number of carbonyl (C=O) groups excluding carboxylic acids is 1. The Morgan fingerprint density at radius 2 is 2.15 bits per heavy atom. The smallest absolute Gasteiger partial charge is 0.269 e. The Balaban J connectivity index is 1.85. The van der Waals surface area contributed by atoms with Crippen LogP contribution in [0, 0.1) is 0 Å². The lowest BCUT2D eigenvalue weighted by molar-refractivity contribution is -0.118. The normalized spacial score (nSPS) is 11.7. The minimum atomic E-state index is -0.351. The molecule has 0 radical (unpaired) electrons. The zero-order chi connectivity index (χ0) is 14.2. The summed E-state index contributed by atoms with van der Waals surface area (Å²) in [5, 5.41) is 6.94. The van der Waals surface area contributed by atoms with Crippen molar-refractivity contribution in [2.24, 2.45) is 10.7 Å². The number of para-hydroxylation sites is 1. The van der Waals surface area contributed by atoms with Gasteiger partial charge in [-0.2, -0.15) is 10.1 Å². The van der Waals surface area contributed by atoms with Gasteiger partial charge in [-0.1, -0.05) is 18.2 Å². The van der Waals surface area contributed by atoms with Gasteiger partial charge in [0.1, 0.15) is 12.4 Å². The predicted octanol–water partition coefficient (Wildman–Crippen LogP) is 1.39. The van der Waals surface area contributed by atoms with Crippen LogP contribution in [-0.2, 0) is 11.3 Å². The third-order valence-electron chi connectivity index (χ3n) is 2.39. The van der Waals surface area contributed by atoms with Crippen LogP contribution in [0.2, 0.25) is 0 Å². The lowest BCUT2D eigenvalue weighted by Gasteiger charge is -1.99. The summed E-state index contributed by atoms with van der Waals surface area (Å²) in [6.07, 6.45) is 6.46. The topological polar surface area (TPSA) is 85.3 Å². The first-order chi connectivity index (χ1) is 9.74. The molecule has 1 aromatic carbocycles. The maximum absolute atomic E-state index is 11.6. The van der Waals surface area contributed by atoms with Gasteiger partial charge in [0, 0.05) is 24.3 Å². The number of rotatable bonds is 5. The number of amides is 1. The maximum Gasteiger partial charge on any atom is 0.269 e. The molecule has 0 fully saturated rings. The average Bonchev–Trinajstić information content (AvgIpc) is 2.92. The second kappa shape index (κ2) is 6.89. The number of hydrogen-bond donors (Lipinski definition) is 2. The van der Waals surface area contributed by atoms with Crippen molar-refractivity contribution in [3.05, 3.63) is 61.1 Å². The summed E-state index contributed by atoms with van der Waals surface area (Å²) in [6, 6.07) is 11.3. The van der Waals surface area contributed by atoms with Gasteiger partial charge >= 0.3 is 0 Å². The number of amidine groups is 1. The third kappa shape index (κ3) is 4.41. The van der Waals surface area contributed by atoms with E-state index in [0.29, 0.717) is 0 Å². The van der Waals surface area contributed by atoms with Crippen LogP contribution >= 0.6 is 0 Å². The number of carbonyl (C=O) groups is 1. The fraction of sp³-hybridized carbons (Fsp3) is 0.0714. The molecule has 3 N–H and O–H groups in total. The van der Waals surface area contributed by atoms with E-state index >= 15 is 0 Å². The number of nitrogens with zero attached hydrogens (tertiary/aromatic N) is 3. The van der Waals surface area contributed by atoms with Gasteiger partial charge in [-0.25, -0.2) is 0 Å². The lowest BCUT2D eigenvalue weighted by Crippen LogP contribution is -2.15. The number of aliphatic imine (C=N–C) groups is 1. The molecule has 0 spiro atoms. The van der Waals surface area contributed by atoms with Crippen molar-refractivity contribution in [2.75, 3.05) is 5.32 Å². The fourth-order valence-corrected chi connectivity index (χ4v) is 1.51. The van der Waals surface area contributed by atoms with Crippen LogP contribution in [0.15, 0.2) is 66.1 Å². The minimum absolute atomic E-state index is 0.0770. The number of aromatic nitrogens is 2. The first kappa shape index (κ1) is 13.5.